The van der Waals surface area contributed by atoms with E-state index in [4.69, 9.17) is 9.47 Å². The van der Waals surface area contributed by atoms with Crippen LogP contribution in [-0.2, 0) is 9.47 Å². The van der Waals surface area contributed by atoms with Gasteiger partial charge in [-0.1, -0.05) is 37.3 Å². The van der Waals surface area contributed by atoms with Crippen LogP contribution in [0, 0.1) is 0 Å². The molecule has 0 aliphatic carbocycles. The SMILES string of the molecule is CC[C@]12OCCN1C[C@@H](c1ccccc1)O2. The number of ether oxygens (including phenoxy) is 2. The van der Waals surface area contributed by atoms with Crippen molar-refractivity contribution < 1.29 is 9.47 Å². The Hall–Kier alpha value is -0.900. The van der Waals surface area contributed by atoms with E-state index in [-0.39, 0.29) is 6.10 Å². The molecule has 1 aromatic rings. The van der Waals surface area contributed by atoms with E-state index in [9.17, 15) is 0 Å². The van der Waals surface area contributed by atoms with Gasteiger partial charge in [-0.05, 0) is 5.56 Å². The van der Waals surface area contributed by atoms with Crippen LogP contribution in [0.25, 0.3) is 0 Å². The molecule has 3 nitrogen and oxygen atoms in total. The standard InChI is InChI=1S/C13H17NO2/c1-2-13-14(8-9-15-13)10-12(16-13)11-6-4-3-5-7-11/h3-7,12H,2,8-10H2,1H3/t12-,13+/m0/s1. The first-order valence-corrected chi connectivity index (χ1v) is 5.96. The minimum absolute atomic E-state index is 0.154. The number of fused-ring (bicyclic) bond motifs is 1. The Balaban J connectivity index is 1.83. The molecule has 0 bridgehead atoms. The van der Waals surface area contributed by atoms with Gasteiger partial charge in [0.1, 0.15) is 6.10 Å². The number of hydrogen-bond donors (Lipinski definition) is 0. The van der Waals surface area contributed by atoms with Crippen molar-refractivity contribution in [2.45, 2.75) is 25.4 Å². The molecule has 0 amide bonds. The number of rotatable bonds is 2. The van der Waals surface area contributed by atoms with Crippen molar-refractivity contribution in [2.75, 3.05) is 19.7 Å². The molecular weight excluding hydrogens is 202 g/mol. The van der Waals surface area contributed by atoms with Gasteiger partial charge in [-0.15, -0.1) is 0 Å². The van der Waals surface area contributed by atoms with Gasteiger partial charge < -0.3 is 9.47 Å². The molecule has 1 aromatic carbocycles. The fourth-order valence-corrected chi connectivity index (χ4v) is 2.63. The minimum atomic E-state index is -0.444. The lowest BCUT2D eigenvalue weighted by atomic mass is 10.1. The lowest BCUT2D eigenvalue weighted by molar-refractivity contribution is -0.247. The molecule has 16 heavy (non-hydrogen) atoms. The maximum Gasteiger partial charge on any atom is 0.230 e. The summed E-state index contributed by atoms with van der Waals surface area (Å²) in [5, 5.41) is 0. The van der Waals surface area contributed by atoms with Crippen LogP contribution in [0.5, 0.6) is 0 Å². The summed E-state index contributed by atoms with van der Waals surface area (Å²) in [5.41, 5.74) is 1.24. The largest absolute Gasteiger partial charge is 0.336 e. The number of benzene rings is 1. The number of nitrogens with zero attached hydrogens (tertiary/aromatic N) is 1. The van der Waals surface area contributed by atoms with Crippen molar-refractivity contribution in [3.05, 3.63) is 35.9 Å². The molecule has 2 heterocycles. The first-order valence-electron chi connectivity index (χ1n) is 5.96. The zero-order valence-corrected chi connectivity index (χ0v) is 9.56. The second-order valence-corrected chi connectivity index (χ2v) is 4.38. The lowest BCUT2D eigenvalue weighted by Crippen LogP contribution is -2.39. The predicted octanol–water partition coefficient (Wildman–Crippen LogP) is 2.15. The van der Waals surface area contributed by atoms with Crippen LogP contribution in [0.1, 0.15) is 25.0 Å². The van der Waals surface area contributed by atoms with E-state index in [0.717, 1.165) is 26.1 Å². The summed E-state index contributed by atoms with van der Waals surface area (Å²) in [6.07, 6.45) is 1.04. The molecule has 0 unspecified atom stereocenters. The van der Waals surface area contributed by atoms with E-state index in [1.807, 2.05) is 6.07 Å². The van der Waals surface area contributed by atoms with E-state index in [2.05, 4.69) is 36.1 Å². The molecule has 2 aliphatic rings. The smallest absolute Gasteiger partial charge is 0.230 e. The van der Waals surface area contributed by atoms with Gasteiger partial charge in [0.05, 0.1) is 6.61 Å². The Morgan fingerprint density at radius 1 is 1.38 bits per heavy atom. The summed E-state index contributed by atoms with van der Waals surface area (Å²) in [7, 11) is 0. The summed E-state index contributed by atoms with van der Waals surface area (Å²) >= 11 is 0. The van der Waals surface area contributed by atoms with Gasteiger partial charge in [0.2, 0.25) is 5.91 Å². The first kappa shape index (κ1) is 10.3. The Morgan fingerprint density at radius 3 is 2.88 bits per heavy atom. The Labute approximate surface area is 96.0 Å². The maximum atomic E-state index is 6.11. The van der Waals surface area contributed by atoms with E-state index in [1.165, 1.54) is 5.56 Å². The van der Waals surface area contributed by atoms with Gasteiger partial charge in [-0.3, -0.25) is 0 Å². The second kappa shape index (κ2) is 3.84. The molecule has 2 aliphatic heterocycles. The van der Waals surface area contributed by atoms with Crippen molar-refractivity contribution in [1.29, 1.82) is 0 Å². The van der Waals surface area contributed by atoms with Gasteiger partial charge in [-0.25, -0.2) is 4.90 Å². The Kier molecular flexibility index (Phi) is 2.46. The Bertz CT molecular complexity index is 367. The average Bonchev–Trinajstić information content (AvgIpc) is 2.86. The highest BCUT2D eigenvalue weighted by molar-refractivity contribution is 5.19. The lowest BCUT2D eigenvalue weighted by Gasteiger charge is -2.27. The molecule has 0 aromatic heterocycles. The fourth-order valence-electron chi connectivity index (χ4n) is 2.63. The van der Waals surface area contributed by atoms with Gasteiger partial charge in [0.25, 0.3) is 0 Å². The van der Waals surface area contributed by atoms with Crippen molar-refractivity contribution in [2.24, 2.45) is 0 Å². The summed E-state index contributed by atoms with van der Waals surface area (Å²) in [5.74, 6) is -0.444. The molecule has 2 atom stereocenters. The quantitative estimate of drug-likeness (QED) is 0.760. The van der Waals surface area contributed by atoms with Crippen LogP contribution in [0.4, 0.5) is 0 Å². The minimum Gasteiger partial charge on any atom is -0.336 e. The van der Waals surface area contributed by atoms with Crippen LogP contribution < -0.4 is 0 Å². The topological polar surface area (TPSA) is 21.7 Å². The van der Waals surface area contributed by atoms with Crippen LogP contribution in [0.3, 0.4) is 0 Å². The van der Waals surface area contributed by atoms with Gasteiger partial charge in [0, 0.05) is 19.5 Å². The van der Waals surface area contributed by atoms with E-state index in [1.54, 1.807) is 0 Å². The van der Waals surface area contributed by atoms with Crippen molar-refractivity contribution in [1.82, 2.24) is 4.90 Å². The zero-order chi connectivity index (χ0) is 11.0. The monoisotopic (exact) mass is 219 g/mol. The van der Waals surface area contributed by atoms with Crippen molar-refractivity contribution in [3.63, 3.8) is 0 Å². The molecule has 0 saturated carbocycles. The summed E-state index contributed by atoms with van der Waals surface area (Å²) < 4.78 is 11.9. The molecule has 2 fully saturated rings. The summed E-state index contributed by atoms with van der Waals surface area (Å²) in [4.78, 5) is 2.31. The van der Waals surface area contributed by atoms with Crippen LogP contribution in [0.15, 0.2) is 30.3 Å². The molecule has 3 rings (SSSR count). The summed E-state index contributed by atoms with van der Waals surface area (Å²) in [6.45, 7) is 4.83. The molecule has 2 saturated heterocycles. The normalized spacial score (nSPS) is 34.2. The fraction of sp³-hybridized carbons (Fsp3) is 0.538. The first-order chi connectivity index (χ1) is 7.84. The second-order valence-electron chi connectivity index (χ2n) is 4.38. The van der Waals surface area contributed by atoms with Gasteiger partial charge >= 0.3 is 0 Å². The zero-order valence-electron chi connectivity index (χ0n) is 9.56. The molecule has 0 radical (unpaired) electrons. The summed E-state index contributed by atoms with van der Waals surface area (Å²) in [6, 6.07) is 10.4. The molecule has 0 spiro atoms. The van der Waals surface area contributed by atoms with E-state index in [0.29, 0.717) is 0 Å². The molecule has 0 N–H and O–H groups in total. The van der Waals surface area contributed by atoms with Gasteiger partial charge in [-0.2, -0.15) is 0 Å². The van der Waals surface area contributed by atoms with Crippen molar-refractivity contribution >= 4 is 0 Å². The third kappa shape index (κ3) is 1.47. The number of hydrogen-bond acceptors (Lipinski definition) is 3. The molecular formula is C13H17NO2. The van der Waals surface area contributed by atoms with Crippen LogP contribution in [-0.4, -0.2) is 30.5 Å². The maximum absolute atomic E-state index is 6.11. The Morgan fingerprint density at radius 2 is 2.19 bits per heavy atom. The third-order valence-electron chi connectivity index (χ3n) is 3.50. The molecule has 86 valence electrons. The van der Waals surface area contributed by atoms with E-state index >= 15 is 0 Å². The highest BCUT2D eigenvalue weighted by atomic mass is 16.7. The highest BCUT2D eigenvalue weighted by Gasteiger charge is 2.50. The van der Waals surface area contributed by atoms with Crippen LogP contribution >= 0.6 is 0 Å². The molecule has 3 heteroatoms. The van der Waals surface area contributed by atoms with Crippen LogP contribution in [0.2, 0.25) is 0 Å². The van der Waals surface area contributed by atoms with Gasteiger partial charge in [0.15, 0.2) is 0 Å². The highest BCUT2D eigenvalue weighted by Crippen LogP contribution is 2.41. The van der Waals surface area contributed by atoms with Crippen molar-refractivity contribution in [3.8, 4) is 0 Å². The van der Waals surface area contributed by atoms with E-state index < -0.39 is 5.91 Å². The average molecular weight is 219 g/mol. The third-order valence-corrected chi connectivity index (χ3v) is 3.50. The predicted molar refractivity (Wildman–Crippen MR) is 60.8 cm³/mol.